The molecule has 4 N–H and O–H groups in total. The van der Waals surface area contributed by atoms with Gasteiger partial charge in [0.1, 0.15) is 11.5 Å². The van der Waals surface area contributed by atoms with E-state index in [0.29, 0.717) is 16.8 Å². The molecular weight excluding hydrogens is 276 g/mol. The van der Waals surface area contributed by atoms with Gasteiger partial charge in [0.2, 0.25) is 0 Å². The van der Waals surface area contributed by atoms with Gasteiger partial charge < -0.3 is 10.7 Å². The number of anilines is 1. The predicted molar refractivity (Wildman–Crippen MR) is 78.3 cm³/mol. The van der Waals surface area contributed by atoms with Gasteiger partial charge in [-0.1, -0.05) is 18.0 Å². The molecule has 3 rings (SSSR count). The van der Waals surface area contributed by atoms with Crippen LogP contribution in [0, 0.1) is 17.8 Å². The second kappa shape index (κ2) is 5.58. The van der Waals surface area contributed by atoms with E-state index in [0.717, 1.165) is 18.4 Å². The van der Waals surface area contributed by atoms with Crippen molar-refractivity contribution in [2.45, 2.75) is 25.7 Å². The number of nitrogens with one attached hydrogen (secondary N) is 2. The lowest BCUT2D eigenvalue weighted by Crippen LogP contribution is -2.32. The lowest BCUT2D eigenvalue weighted by molar-refractivity contribution is 0.0937. The van der Waals surface area contributed by atoms with Gasteiger partial charge in [0.15, 0.2) is 0 Å². The summed E-state index contributed by atoms with van der Waals surface area (Å²) in [7, 11) is 0. The number of hydrazine groups is 1. The highest BCUT2D eigenvalue weighted by atomic mass is 35.5. The van der Waals surface area contributed by atoms with Crippen molar-refractivity contribution in [3.8, 4) is 0 Å². The molecule has 1 heterocycles. The molecule has 108 valence electrons. The summed E-state index contributed by atoms with van der Waals surface area (Å²) in [5, 5.41) is 3.31. The summed E-state index contributed by atoms with van der Waals surface area (Å²) in [5.74, 6) is 7.79. The topological polar surface area (TPSA) is 80.0 Å². The van der Waals surface area contributed by atoms with Gasteiger partial charge in [-0.15, -0.1) is 0 Å². The highest BCUT2D eigenvalue weighted by Gasteiger charge is 2.39. The van der Waals surface area contributed by atoms with Gasteiger partial charge in [0.25, 0.3) is 5.91 Å². The van der Waals surface area contributed by atoms with E-state index < -0.39 is 0 Å². The molecule has 0 saturated heterocycles. The van der Waals surface area contributed by atoms with Crippen LogP contribution in [0.25, 0.3) is 0 Å². The molecular formula is C14H19ClN4O. The first-order valence-corrected chi connectivity index (χ1v) is 7.46. The van der Waals surface area contributed by atoms with E-state index >= 15 is 0 Å². The number of amides is 1. The fourth-order valence-corrected chi connectivity index (χ4v) is 3.81. The van der Waals surface area contributed by atoms with Crippen molar-refractivity contribution >= 4 is 23.3 Å². The quantitative estimate of drug-likeness (QED) is 0.587. The van der Waals surface area contributed by atoms with Gasteiger partial charge in [-0.2, -0.15) is 0 Å². The van der Waals surface area contributed by atoms with Crippen LogP contribution in [0.1, 0.15) is 36.2 Å². The Morgan fingerprint density at radius 3 is 2.90 bits per heavy atom. The zero-order valence-electron chi connectivity index (χ0n) is 11.2. The zero-order chi connectivity index (χ0) is 14.1. The van der Waals surface area contributed by atoms with E-state index in [2.05, 4.69) is 15.7 Å². The van der Waals surface area contributed by atoms with Gasteiger partial charge in [0.05, 0.1) is 5.02 Å². The van der Waals surface area contributed by atoms with E-state index in [1.54, 1.807) is 12.1 Å². The lowest BCUT2D eigenvalue weighted by atomic mass is 9.89. The SMILES string of the molecule is NNc1ccc(Cl)c(C(=O)NCC2CC3CCC2C3)n1. The van der Waals surface area contributed by atoms with E-state index in [9.17, 15) is 4.79 Å². The van der Waals surface area contributed by atoms with Gasteiger partial charge in [-0.25, -0.2) is 10.8 Å². The van der Waals surface area contributed by atoms with E-state index in [1.807, 2.05) is 0 Å². The van der Waals surface area contributed by atoms with Crippen LogP contribution < -0.4 is 16.6 Å². The van der Waals surface area contributed by atoms with Crippen molar-refractivity contribution in [1.29, 1.82) is 0 Å². The Balaban J connectivity index is 1.61. The van der Waals surface area contributed by atoms with Gasteiger partial charge in [-0.3, -0.25) is 4.79 Å². The third-order valence-corrected chi connectivity index (χ3v) is 4.92. The molecule has 3 unspecified atom stereocenters. The molecule has 0 aliphatic heterocycles. The average Bonchev–Trinajstić information content (AvgIpc) is 3.07. The maximum absolute atomic E-state index is 12.2. The minimum absolute atomic E-state index is 0.227. The molecule has 1 amide bonds. The van der Waals surface area contributed by atoms with Gasteiger partial charge >= 0.3 is 0 Å². The van der Waals surface area contributed by atoms with Crippen LogP contribution in [0.15, 0.2) is 12.1 Å². The van der Waals surface area contributed by atoms with Crippen molar-refractivity contribution in [1.82, 2.24) is 10.3 Å². The number of carbonyl (C=O) groups excluding carboxylic acids is 1. The van der Waals surface area contributed by atoms with Crippen molar-refractivity contribution < 1.29 is 4.79 Å². The molecule has 2 bridgehead atoms. The molecule has 0 spiro atoms. The van der Waals surface area contributed by atoms with E-state index in [1.165, 1.54) is 25.7 Å². The largest absolute Gasteiger partial charge is 0.350 e. The van der Waals surface area contributed by atoms with Crippen molar-refractivity contribution in [2.24, 2.45) is 23.6 Å². The Morgan fingerprint density at radius 1 is 1.40 bits per heavy atom. The van der Waals surface area contributed by atoms with Crippen LogP contribution in [0.4, 0.5) is 5.82 Å². The Labute approximate surface area is 123 Å². The fourth-order valence-electron chi connectivity index (χ4n) is 3.62. The molecule has 3 atom stereocenters. The first-order valence-electron chi connectivity index (χ1n) is 7.08. The van der Waals surface area contributed by atoms with Crippen LogP contribution in [-0.4, -0.2) is 17.4 Å². The van der Waals surface area contributed by atoms with E-state index in [-0.39, 0.29) is 11.6 Å². The van der Waals surface area contributed by atoms with Gasteiger partial charge in [-0.05, 0) is 49.1 Å². The molecule has 1 aromatic rings. The molecule has 2 aliphatic rings. The smallest absolute Gasteiger partial charge is 0.271 e. The summed E-state index contributed by atoms with van der Waals surface area (Å²) in [6.07, 6.45) is 5.27. The minimum atomic E-state index is -0.227. The molecule has 2 fully saturated rings. The summed E-state index contributed by atoms with van der Waals surface area (Å²) >= 11 is 6.01. The molecule has 2 aliphatic carbocycles. The molecule has 2 saturated carbocycles. The molecule has 1 aromatic heterocycles. The summed E-state index contributed by atoms with van der Waals surface area (Å²) in [6, 6.07) is 3.26. The zero-order valence-corrected chi connectivity index (χ0v) is 12.0. The van der Waals surface area contributed by atoms with Crippen LogP contribution >= 0.6 is 11.6 Å². The second-order valence-electron chi connectivity index (χ2n) is 5.82. The third-order valence-electron chi connectivity index (χ3n) is 4.62. The van der Waals surface area contributed by atoms with Gasteiger partial charge in [0, 0.05) is 6.54 Å². The number of pyridine rings is 1. The third kappa shape index (κ3) is 2.60. The molecule has 0 radical (unpaired) electrons. The molecule has 6 heteroatoms. The number of hydrogen-bond acceptors (Lipinski definition) is 4. The van der Waals surface area contributed by atoms with Crippen LogP contribution in [-0.2, 0) is 0 Å². The van der Waals surface area contributed by atoms with E-state index in [4.69, 9.17) is 17.4 Å². The summed E-state index contributed by atoms with van der Waals surface area (Å²) in [5.41, 5.74) is 2.65. The number of nitrogens with two attached hydrogens (primary N) is 1. The Kier molecular flexibility index (Phi) is 3.81. The minimum Gasteiger partial charge on any atom is -0.350 e. The summed E-state index contributed by atoms with van der Waals surface area (Å²) < 4.78 is 0. The lowest BCUT2D eigenvalue weighted by Gasteiger charge is -2.21. The predicted octanol–water partition coefficient (Wildman–Crippen LogP) is 2.19. The number of carbonyl (C=O) groups is 1. The van der Waals surface area contributed by atoms with Crippen LogP contribution in [0.2, 0.25) is 5.02 Å². The van der Waals surface area contributed by atoms with Crippen LogP contribution in [0.5, 0.6) is 0 Å². The Bertz CT molecular complexity index is 522. The summed E-state index contributed by atoms with van der Waals surface area (Å²) in [4.78, 5) is 16.3. The van der Waals surface area contributed by atoms with Crippen molar-refractivity contribution in [3.63, 3.8) is 0 Å². The highest BCUT2D eigenvalue weighted by molar-refractivity contribution is 6.33. The maximum Gasteiger partial charge on any atom is 0.271 e. The number of nitrogen functional groups attached to an aromatic ring is 1. The van der Waals surface area contributed by atoms with Crippen LogP contribution in [0.3, 0.4) is 0 Å². The maximum atomic E-state index is 12.2. The number of hydrogen-bond donors (Lipinski definition) is 3. The molecule has 0 aromatic carbocycles. The number of fused-ring (bicyclic) bond motifs is 2. The normalized spacial score (nSPS) is 27.6. The number of rotatable bonds is 4. The first-order chi connectivity index (χ1) is 9.67. The van der Waals surface area contributed by atoms with Crippen molar-refractivity contribution in [3.05, 3.63) is 22.8 Å². The monoisotopic (exact) mass is 294 g/mol. The Hall–Kier alpha value is -1.33. The highest BCUT2D eigenvalue weighted by Crippen LogP contribution is 2.47. The Morgan fingerprint density at radius 2 is 2.25 bits per heavy atom. The summed E-state index contributed by atoms with van der Waals surface area (Å²) in [6.45, 7) is 0.721. The molecule has 20 heavy (non-hydrogen) atoms. The standard InChI is InChI=1S/C14H19ClN4O/c15-11-3-4-12(19-16)18-13(11)14(20)17-7-10-6-8-1-2-9(10)5-8/h3-4,8-10H,1-2,5-7,16H2,(H,17,20)(H,18,19). The fraction of sp³-hybridized carbons (Fsp3) is 0.571. The second-order valence-corrected chi connectivity index (χ2v) is 6.22. The number of nitrogens with zero attached hydrogens (tertiary/aromatic N) is 1. The first kappa shape index (κ1) is 13.6. The molecule has 5 nitrogen and oxygen atoms in total. The number of halogens is 1. The average molecular weight is 295 g/mol. The van der Waals surface area contributed by atoms with Crippen molar-refractivity contribution in [2.75, 3.05) is 12.0 Å². The number of aromatic nitrogens is 1.